The van der Waals surface area contributed by atoms with E-state index in [4.69, 9.17) is 0 Å². The Hall–Kier alpha value is -3.28. The number of benzene rings is 2. The first kappa shape index (κ1) is 13.7. The Balaban J connectivity index is 2.29. The van der Waals surface area contributed by atoms with E-state index in [0.29, 0.717) is 12.8 Å². The Morgan fingerprint density at radius 2 is 1.14 bits per heavy atom. The van der Waals surface area contributed by atoms with Crippen LogP contribution in [0.3, 0.4) is 0 Å². The van der Waals surface area contributed by atoms with Gasteiger partial charge in [-0.05, 0) is 12.1 Å². The Labute approximate surface area is 125 Å². The van der Waals surface area contributed by atoms with Gasteiger partial charge in [-0.1, -0.05) is 24.3 Å². The van der Waals surface area contributed by atoms with Crippen LogP contribution in [0.25, 0.3) is 0 Å². The molecule has 0 saturated heterocycles. The van der Waals surface area contributed by atoms with Crippen molar-refractivity contribution in [2.45, 2.75) is 0 Å². The van der Waals surface area contributed by atoms with Gasteiger partial charge in [-0.25, -0.2) is 0 Å². The molecule has 1 aliphatic carbocycles. The van der Waals surface area contributed by atoms with E-state index < -0.39 is 5.78 Å². The van der Waals surface area contributed by atoms with Crippen molar-refractivity contribution in [3.8, 4) is 0 Å². The topological polar surface area (TPSA) is 92.3 Å². The highest BCUT2D eigenvalue weighted by atomic mass is 16.1. The van der Waals surface area contributed by atoms with E-state index in [0.717, 1.165) is 0 Å². The fraction of sp³-hybridized carbons (Fsp3) is 0. The first-order chi connectivity index (χ1) is 10.7. The summed E-state index contributed by atoms with van der Waals surface area (Å²) in [4.78, 5) is 46.8. The Bertz CT molecular complexity index is 761. The highest BCUT2D eigenvalue weighted by Crippen LogP contribution is 2.35. The smallest absolute Gasteiger partial charge is 0.211 e. The number of anilines is 2. The van der Waals surface area contributed by atoms with Crippen LogP contribution < -0.4 is 10.6 Å². The molecule has 22 heavy (non-hydrogen) atoms. The van der Waals surface area contributed by atoms with Crippen LogP contribution in [0.1, 0.15) is 31.8 Å². The number of rotatable bonds is 4. The summed E-state index contributed by atoms with van der Waals surface area (Å²) in [6.07, 6.45) is 0.886. The maximum atomic E-state index is 12.8. The van der Waals surface area contributed by atoms with Gasteiger partial charge in [0.05, 0.1) is 22.5 Å². The second kappa shape index (κ2) is 5.25. The molecule has 2 aromatic rings. The molecular formula is C16H10N2O4. The first-order valence-electron chi connectivity index (χ1n) is 6.45. The summed E-state index contributed by atoms with van der Waals surface area (Å²) in [5, 5.41) is 4.85. The lowest BCUT2D eigenvalue weighted by atomic mass is 9.82. The van der Waals surface area contributed by atoms with E-state index in [-0.39, 0.29) is 39.4 Å². The van der Waals surface area contributed by atoms with Crippen LogP contribution in [0.15, 0.2) is 36.4 Å². The summed E-state index contributed by atoms with van der Waals surface area (Å²) in [6.45, 7) is 0. The van der Waals surface area contributed by atoms with E-state index >= 15 is 0 Å². The summed E-state index contributed by atoms with van der Waals surface area (Å²) >= 11 is 0. The van der Waals surface area contributed by atoms with Gasteiger partial charge in [0.2, 0.25) is 12.8 Å². The molecule has 0 saturated carbocycles. The van der Waals surface area contributed by atoms with Gasteiger partial charge in [-0.3, -0.25) is 19.2 Å². The lowest BCUT2D eigenvalue weighted by Gasteiger charge is -2.21. The molecule has 2 aromatic carbocycles. The molecule has 0 aliphatic heterocycles. The normalized spacial score (nSPS) is 12.2. The molecule has 108 valence electrons. The molecule has 6 nitrogen and oxygen atoms in total. The minimum Gasteiger partial charge on any atom is -0.328 e. The molecule has 2 amide bonds. The number of carbonyl (C=O) groups excluding carboxylic acids is 4. The Kier molecular flexibility index (Phi) is 3.27. The summed E-state index contributed by atoms with van der Waals surface area (Å²) in [5.74, 6) is -0.742. The standard InChI is InChI=1S/C16H10N2O4/c19-7-17-11-5-1-3-9-13(11)16(22)14-10(15(9)21)4-2-6-12(14)18-8-20/h1-8H,(H,17,19)(H,18,20). The fourth-order valence-electron chi connectivity index (χ4n) is 2.61. The molecule has 0 fully saturated rings. The minimum absolute atomic E-state index is 0.132. The van der Waals surface area contributed by atoms with Crippen molar-refractivity contribution in [1.29, 1.82) is 0 Å². The number of hydrogen-bond donors (Lipinski definition) is 2. The van der Waals surface area contributed by atoms with Crippen LogP contribution in [0, 0.1) is 0 Å². The molecule has 0 spiro atoms. The van der Waals surface area contributed by atoms with E-state index in [1.54, 1.807) is 24.3 Å². The minimum atomic E-state index is -0.417. The van der Waals surface area contributed by atoms with Gasteiger partial charge in [-0.2, -0.15) is 0 Å². The van der Waals surface area contributed by atoms with Gasteiger partial charge in [0.25, 0.3) is 0 Å². The van der Waals surface area contributed by atoms with E-state index in [9.17, 15) is 19.2 Å². The zero-order chi connectivity index (χ0) is 15.7. The van der Waals surface area contributed by atoms with Crippen LogP contribution in [0.2, 0.25) is 0 Å². The highest BCUT2D eigenvalue weighted by molar-refractivity contribution is 6.32. The number of amides is 2. The molecule has 0 aromatic heterocycles. The molecular weight excluding hydrogens is 284 g/mol. The summed E-state index contributed by atoms with van der Waals surface area (Å²) < 4.78 is 0. The van der Waals surface area contributed by atoms with Crippen LogP contribution in [0.4, 0.5) is 11.4 Å². The van der Waals surface area contributed by atoms with Gasteiger partial charge in [0.15, 0.2) is 11.6 Å². The second-order valence-corrected chi connectivity index (χ2v) is 4.64. The highest BCUT2D eigenvalue weighted by Gasteiger charge is 2.33. The van der Waals surface area contributed by atoms with Crippen LogP contribution in [0.5, 0.6) is 0 Å². The van der Waals surface area contributed by atoms with E-state index in [1.165, 1.54) is 12.1 Å². The SMILES string of the molecule is O=CNc1cccc2c1C(=O)c1c(NC=O)cccc1C2=O. The van der Waals surface area contributed by atoms with Crippen molar-refractivity contribution < 1.29 is 19.2 Å². The van der Waals surface area contributed by atoms with Crippen molar-refractivity contribution in [1.82, 2.24) is 0 Å². The summed E-state index contributed by atoms with van der Waals surface area (Å²) in [5.41, 5.74) is 1.24. The molecule has 2 N–H and O–H groups in total. The number of nitrogens with one attached hydrogen (secondary N) is 2. The maximum absolute atomic E-state index is 12.8. The van der Waals surface area contributed by atoms with E-state index in [1.807, 2.05) is 0 Å². The quantitative estimate of drug-likeness (QED) is 0.715. The predicted molar refractivity (Wildman–Crippen MR) is 79.1 cm³/mol. The van der Waals surface area contributed by atoms with Crippen molar-refractivity contribution >= 4 is 35.8 Å². The van der Waals surface area contributed by atoms with Crippen LogP contribution in [-0.4, -0.2) is 24.4 Å². The van der Waals surface area contributed by atoms with Crippen molar-refractivity contribution in [3.05, 3.63) is 58.7 Å². The molecule has 0 radical (unpaired) electrons. The third-order valence-electron chi connectivity index (χ3n) is 3.50. The molecule has 0 atom stereocenters. The number of ketones is 2. The van der Waals surface area contributed by atoms with E-state index in [2.05, 4.69) is 10.6 Å². The van der Waals surface area contributed by atoms with Crippen LogP contribution in [-0.2, 0) is 9.59 Å². The summed E-state index contributed by atoms with van der Waals surface area (Å²) in [7, 11) is 0. The lowest BCUT2D eigenvalue weighted by Crippen LogP contribution is -2.23. The van der Waals surface area contributed by atoms with Gasteiger partial charge >= 0.3 is 0 Å². The Morgan fingerprint density at radius 1 is 0.682 bits per heavy atom. The molecule has 0 unspecified atom stereocenters. The molecule has 6 heteroatoms. The third kappa shape index (κ3) is 1.89. The van der Waals surface area contributed by atoms with Gasteiger partial charge in [0.1, 0.15) is 0 Å². The number of hydrogen-bond acceptors (Lipinski definition) is 4. The van der Waals surface area contributed by atoms with Gasteiger partial charge < -0.3 is 10.6 Å². The van der Waals surface area contributed by atoms with Gasteiger partial charge in [0, 0.05) is 11.1 Å². The monoisotopic (exact) mass is 294 g/mol. The average molecular weight is 294 g/mol. The van der Waals surface area contributed by atoms with Crippen molar-refractivity contribution in [3.63, 3.8) is 0 Å². The second-order valence-electron chi connectivity index (χ2n) is 4.64. The fourth-order valence-corrected chi connectivity index (χ4v) is 2.61. The lowest BCUT2D eigenvalue weighted by molar-refractivity contribution is -0.106. The molecule has 3 rings (SSSR count). The largest absolute Gasteiger partial charge is 0.328 e. The van der Waals surface area contributed by atoms with Gasteiger partial charge in [-0.15, -0.1) is 0 Å². The average Bonchev–Trinajstić information content (AvgIpc) is 2.53. The molecule has 1 aliphatic rings. The first-order valence-corrected chi connectivity index (χ1v) is 6.45. The molecule has 0 bridgehead atoms. The maximum Gasteiger partial charge on any atom is 0.211 e. The number of fused-ring (bicyclic) bond motifs is 2. The zero-order valence-electron chi connectivity index (χ0n) is 11.3. The zero-order valence-corrected chi connectivity index (χ0v) is 11.3. The van der Waals surface area contributed by atoms with Crippen molar-refractivity contribution in [2.75, 3.05) is 10.6 Å². The third-order valence-corrected chi connectivity index (χ3v) is 3.50. The van der Waals surface area contributed by atoms with Crippen LogP contribution >= 0.6 is 0 Å². The summed E-state index contributed by atoms with van der Waals surface area (Å²) in [6, 6.07) is 9.34. The Morgan fingerprint density at radius 3 is 1.55 bits per heavy atom. The predicted octanol–water partition coefficient (Wildman–Crippen LogP) is 1.60. The van der Waals surface area contributed by atoms with Crippen molar-refractivity contribution in [2.24, 2.45) is 0 Å². The molecule has 0 heterocycles. The number of carbonyl (C=O) groups is 4.